The van der Waals surface area contributed by atoms with Gasteiger partial charge in [0.1, 0.15) is 6.04 Å². The molecule has 25 heavy (non-hydrogen) atoms. The van der Waals surface area contributed by atoms with Crippen molar-refractivity contribution in [2.45, 2.75) is 37.2 Å². The molecule has 0 spiro atoms. The second-order valence-corrected chi connectivity index (χ2v) is 9.20. The minimum atomic E-state index is -3.76. The normalized spacial score (nSPS) is 18.4. The maximum absolute atomic E-state index is 12.9. The monoisotopic (exact) mass is 399 g/mol. The molecule has 134 valence electrons. The van der Waals surface area contributed by atoms with Gasteiger partial charge < -0.3 is 5.32 Å². The Hall–Kier alpha value is -1.48. The third kappa shape index (κ3) is 4.03. The lowest BCUT2D eigenvalue weighted by Gasteiger charge is -2.23. The number of rotatable bonds is 5. The maximum Gasteiger partial charge on any atom is 0.243 e. The van der Waals surface area contributed by atoms with E-state index in [1.165, 1.54) is 27.8 Å². The first-order valence-electron chi connectivity index (χ1n) is 7.84. The van der Waals surface area contributed by atoms with E-state index >= 15 is 0 Å². The van der Waals surface area contributed by atoms with Gasteiger partial charge in [0.25, 0.3) is 0 Å². The average molecular weight is 400 g/mol. The molecule has 1 aromatic heterocycles. The summed E-state index contributed by atoms with van der Waals surface area (Å²) >= 11 is 7.42. The fourth-order valence-corrected chi connectivity index (χ4v) is 5.41. The van der Waals surface area contributed by atoms with Crippen LogP contribution >= 0.6 is 22.9 Å². The predicted octanol–water partition coefficient (Wildman–Crippen LogP) is 2.57. The predicted molar refractivity (Wildman–Crippen MR) is 97.1 cm³/mol. The molecule has 1 atom stereocenters. The highest BCUT2D eigenvalue weighted by Gasteiger charge is 2.39. The first-order chi connectivity index (χ1) is 11.9. The molecule has 0 bridgehead atoms. The van der Waals surface area contributed by atoms with Crippen molar-refractivity contribution in [2.24, 2.45) is 0 Å². The van der Waals surface area contributed by atoms with E-state index in [1.807, 2.05) is 12.3 Å². The van der Waals surface area contributed by atoms with Crippen LogP contribution < -0.4 is 5.32 Å². The third-order valence-corrected chi connectivity index (χ3v) is 6.98. The van der Waals surface area contributed by atoms with Gasteiger partial charge in [-0.1, -0.05) is 17.7 Å². The van der Waals surface area contributed by atoms with E-state index in [4.69, 9.17) is 11.6 Å². The lowest BCUT2D eigenvalue weighted by Crippen LogP contribution is -2.45. The fourth-order valence-electron chi connectivity index (χ4n) is 2.84. The Morgan fingerprint density at radius 3 is 2.96 bits per heavy atom. The molecular formula is C16H18ClN3O3S2. The summed E-state index contributed by atoms with van der Waals surface area (Å²) in [5, 5.41) is 5.95. The molecule has 3 rings (SSSR count). The minimum absolute atomic E-state index is 0.106. The molecule has 6 nitrogen and oxygen atoms in total. The second-order valence-electron chi connectivity index (χ2n) is 5.81. The summed E-state index contributed by atoms with van der Waals surface area (Å²) < 4.78 is 27.0. The summed E-state index contributed by atoms with van der Waals surface area (Å²) in [4.78, 5) is 16.9. The van der Waals surface area contributed by atoms with Gasteiger partial charge in [-0.15, -0.1) is 11.3 Å². The Kier molecular flexibility index (Phi) is 5.43. The Morgan fingerprint density at radius 1 is 1.48 bits per heavy atom. The van der Waals surface area contributed by atoms with E-state index in [0.717, 1.165) is 10.7 Å². The van der Waals surface area contributed by atoms with Gasteiger partial charge in [0.05, 0.1) is 22.1 Å². The lowest BCUT2D eigenvalue weighted by molar-refractivity contribution is -0.124. The Labute approximate surface area is 155 Å². The number of carbonyl (C=O) groups is 1. The van der Waals surface area contributed by atoms with Gasteiger partial charge in [-0.25, -0.2) is 13.4 Å². The summed E-state index contributed by atoms with van der Waals surface area (Å²) in [5.74, 6) is -0.297. The van der Waals surface area contributed by atoms with Gasteiger partial charge in [0.2, 0.25) is 15.9 Å². The van der Waals surface area contributed by atoms with Crippen molar-refractivity contribution in [2.75, 3.05) is 6.54 Å². The highest BCUT2D eigenvalue weighted by Crippen LogP contribution is 2.27. The summed E-state index contributed by atoms with van der Waals surface area (Å²) in [6.07, 6.45) is 1.15. The van der Waals surface area contributed by atoms with Crippen LogP contribution in [0.15, 0.2) is 34.5 Å². The average Bonchev–Trinajstić information content (AvgIpc) is 3.22. The number of aryl methyl sites for hydroxylation is 1. The molecule has 2 aromatic rings. The summed E-state index contributed by atoms with van der Waals surface area (Å²) in [6.45, 7) is 2.51. The van der Waals surface area contributed by atoms with Gasteiger partial charge in [0, 0.05) is 16.9 Å². The standard InChI is InChI=1S/C16H18ClN3O3S2/c1-11-19-13(10-24-11)9-18-16(21)15-6-3-7-20(15)25(22,23)14-5-2-4-12(17)8-14/h2,4-5,8,10,15H,3,6-7,9H2,1H3,(H,18,21)/t15-/m1/s1. The summed E-state index contributed by atoms with van der Waals surface area (Å²) in [7, 11) is -3.76. The molecule has 1 saturated heterocycles. The van der Waals surface area contributed by atoms with Gasteiger partial charge in [-0.3, -0.25) is 4.79 Å². The van der Waals surface area contributed by atoms with Crippen LogP contribution in [0.3, 0.4) is 0 Å². The van der Waals surface area contributed by atoms with Gasteiger partial charge >= 0.3 is 0 Å². The Balaban J connectivity index is 1.74. The first-order valence-corrected chi connectivity index (χ1v) is 10.5. The number of sulfonamides is 1. The van der Waals surface area contributed by atoms with Crippen molar-refractivity contribution in [1.29, 1.82) is 0 Å². The van der Waals surface area contributed by atoms with Crippen LogP contribution in [0.5, 0.6) is 0 Å². The summed E-state index contributed by atoms with van der Waals surface area (Å²) in [5.41, 5.74) is 0.776. The zero-order valence-corrected chi connectivity index (χ0v) is 16.0. The number of aromatic nitrogens is 1. The van der Waals surface area contributed by atoms with Crippen LogP contribution in [0, 0.1) is 6.92 Å². The van der Waals surface area contributed by atoms with Crippen molar-refractivity contribution >= 4 is 38.9 Å². The minimum Gasteiger partial charge on any atom is -0.349 e. The number of hydrogen-bond acceptors (Lipinski definition) is 5. The molecule has 9 heteroatoms. The molecule has 1 N–H and O–H groups in total. The molecule has 0 radical (unpaired) electrons. The van der Waals surface area contributed by atoms with Gasteiger partial charge in [-0.05, 0) is 38.0 Å². The van der Waals surface area contributed by atoms with E-state index in [1.54, 1.807) is 12.1 Å². The van der Waals surface area contributed by atoms with Crippen molar-refractivity contribution in [3.05, 3.63) is 45.4 Å². The van der Waals surface area contributed by atoms with E-state index in [0.29, 0.717) is 31.0 Å². The molecule has 1 amide bonds. The number of hydrogen-bond donors (Lipinski definition) is 1. The van der Waals surface area contributed by atoms with E-state index in [9.17, 15) is 13.2 Å². The number of benzene rings is 1. The maximum atomic E-state index is 12.9. The van der Waals surface area contributed by atoms with E-state index in [-0.39, 0.29) is 10.8 Å². The van der Waals surface area contributed by atoms with Crippen LogP contribution in [-0.4, -0.2) is 36.2 Å². The van der Waals surface area contributed by atoms with Crippen LogP contribution in [0.4, 0.5) is 0 Å². The zero-order chi connectivity index (χ0) is 18.0. The highest BCUT2D eigenvalue weighted by molar-refractivity contribution is 7.89. The number of halogens is 1. The van der Waals surface area contributed by atoms with Crippen molar-refractivity contribution in [3.63, 3.8) is 0 Å². The van der Waals surface area contributed by atoms with Gasteiger partial charge in [-0.2, -0.15) is 4.31 Å². The molecule has 1 fully saturated rings. The molecule has 0 unspecified atom stereocenters. The quantitative estimate of drug-likeness (QED) is 0.837. The van der Waals surface area contributed by atoms with Crippen LogP contribution in [-0.2, 0) is 21.4 Å². The molecule has 0 aliphatic carbocycles. The summed E-state index contributed by atoms with van der Waals surface area (Å²) in [6, 6.07) is 5.40. The number of carbonyl (C=O) groups excluding carboxylic acids is 1. The number of amides is 1. The topological polar surface area (TPSA) is 79.4 Å². The smallest absolute Gasteiger partial charge is 0.243 e. The lowest BCUT2D eigenvalue weighted by atomic mass is 10.2. The Morgan fingerprint density at radius 2 is 2.28 bits per heavy atom. The third-order valence-electron chi connectivity index (χ3n) is 4.02. The van der Waals surface area contributed by atoms with E-state index in [2.05, 4.69) is 10.3 Å². The van der Waals surface area contributed by atoms with Gasteiger partial charge in [0.15, 0.2) is 0 Å². The van der Waals surface area contributed by atoms with Crippen molar-refractivity contribution in [1.82, 2.24) is 14.6 Å². The Bertz CT molecular complexity index is 882. The van der Waals surface area contributed by atoms with Crippen LogP contribution in [0.2, 0.25) is 5.02 Å². The number of nitrogens with zero attached hydrogens (tertiary/aromatic N) is 2. The SMILES string of the molecule is Cc1nc(CNC(=O)[C@H]2CCCN2S(=O)(=O)c2cccc(Cl)c2)cs1. The van der Waals surface area contributed by atoms with Crippen molar-refractivity contribution < 1.29 is 13.2 Å². The molecule has 1 aliphatic heterocycles. The molecule has 1 aromatic carbocycles. The number of thiazole rings is 1. The largest absolute Gasteiger partial charge is 0.349 e. The number of nitrogens with one attached hydrogen (secondary N) is 1. The molecular weight excluding hydrogens is 382 g/mol. The zero-order valence-electron chi connectivity index (χ0n) is 13.6. The van der Waals surface area contributed by atoms with Crippen molar-refractivity contribution in [3.8, 4) is 0 Å². The highest BCUT2D eigenvalue weighted by atomic mass is 35.5. The molecule has 2 heterocycles. The van der Waals surface area contributed by atoms with E-state index < -0.39 is 16.1 Å². The molecule has 1 aliphatic rings. The molecule has 0 saturated carbocycles. The second kappa shape index (κ2) is 7.41. The first kappa shape index (κ1) is 18.3. The fraction of sp³-hybridized carbons (Fsp3) is 0.375. The van der Waals surface area contributed by atoms with Crippen LogP contribution in [0.1, 0.15) is 23.5 Å². The van der Waals surface area contributed by atoms with Crippen LogP contribution in [0.25, 0.3) is 0 Å².